The smallest absolute Gasteiger partial charge is 0.0673 e. The van der Waals surface area contributed by atoms with Crippen LogP contribution in [0.2, 0.25) is 0 Å². The first-order valence-electron chi connectivity index (χ1n) is 5.54. The predicted molar refractivity (Wildman–Crippen MR) is 82.3 cm³/mol. The molecule has 88 valence electrons. The molecule has 3 heteroatoms. The summed E-state index contributed by atoms with van der Waals surface area (Å²) < 4.78 is 2.80. The molecule has 0 atom stereocenters. The lowest BCUT2D eigenvalue weighted by atomic mass is 10.1. The summed E-state index contributed by atoms with van der Waals surface area (Å²) in [6, 6.07) is 15.1. The van der Waals surface area contributed by atoms with Gasteiger partial charge >= 0.3 is 0 Å². The minimum atomic E-state index is 1.13. The minimum Gasteiger partial charge on any atom is -0.0673 e. The number of rotatable bonds is 4. The Bertz CT molecular complexity index is 480. The van der Waals surface area contributed by atoms with Gasteiger partial charge in [-0.15, -0.1) is 0 Å². The topological polar surface area (TPSA) is 0 Å². The van der Waals surface area contributed by atoms with Crippen molar-refractivity contribution >= 4 is 34.9 Å². The van der Waals surface area contributed by atoms with Gasteiger partial charge in [0.1, 0.15) is 0 Å². The molecule has 0 amide bonds. The van der Waals surface area contributed by atoms with Crippen LogP contribution in [0.4, 0.5) is 0 Å². The van der Waals surface area contributed by atoms with Crippen LogP contribution >= 0.6 is 34.9 Å². The summed E-state index contributed by atoms with van der Waals surface area (Å²) in [7, 11) is 0. The third-order valence-electron chi connectivity index (χ3n) is 2.36. The molecule has 0 radical (unpaired) electrons. The monoisotopic (exact) mass is 279 g/mol. The van der Waals surface area contributed by atoms with E-state index < -0.39 is 0 Å². The van der Waals surface area contributed by atoms with E-state index in [9.17, 15) is 0 Å². The van der Waals surface area contributed by atoms with E-state index in [2.05, 4.69) is 55.6 Å². The highest BCUT2D eigenvalue weighted by molar-refractivity contribution is 8.03. The SMILES string of the molecule is CCSc1ccc(-c2ccccc2)c(SC)[s+]1. The molecular formula is C14H15S3+. The molecule has 0 aliphatic carbocycles. The molecule has 2 aromatic rings. The molecule has 0 saturated heterocycles. The number of benzene rings is 1. The fraction of sp³-hybridized carbons (Fsp3) is 0.214. The normalized spacial score (nSPS) is 10.5. The molecule has 0 aliphatic heterocycles. The Hall–Kier alpha value is -0.510. The standard InChI is InChI=1S/C14H15S3/c1-3-16-13-10-9-12(14(15-2)17-13)11-7-5-4-6-8-11/h4-10H,3H2,1-2H3/q+1. The van der Waals surface area contributed by atoms with E-state index in [1.54, 1.807) is 0 Å². The van der Waals surface area contributed by atoms with Crippen molar-refractivity contribution in [2.24, 2.45) is 0 Å². The van der Waals surface area contributed by atoms with Gasteiger partial charge in [0.15, 0.2) is 0 Å². The van der Waals surface area contributed by atoms with E-state index in [-0.39, 0.29) is 0 Å². The van der Waals surface area contributed by atoms with E-state index in [1.165, 1.54) is 19.5 Å². The molecule has 0 unspecified atom stereocenters. The van der Waals surface area contributed by atoms with Crippen molar-refractivity contribution in [1.29, 1.82) is 0 Å². The second-order valence-corrected chi connectivity index (χ2v) is 7.15. The Kier molecular flexibility index (Phi) is 4.89. The summed E-state index contributed by atoms with van der Waals surface area (Å²) in [5, 5.41) is 0. The van der Waals surface area contributed by atoms with E-state index in [0.29, 0.717) is 0 Å². The molecule has 1 aromatic heterocycles. The van der Waals surface area contributed by atoms with Crippen LogP contribution in [-0.2, 0) is 0 Å². The van der Waals surface area contributed by atoms with Gasteiger partial charge in [-0.25, -0.2) is 0 Å². The Morgan fingerprint density at radius 3 is 2.47 bits per heavy atom. The Morgan fingerprint density at radius 1 is 1.06 bits per heavy atom. The first kappa shape index (κ1) is 12.9. The van der Waals surface area contributed by atoms with Crippen LogP contribution in [0.25, 0.3) is 11.1 Å². The first-order valence-corrected chi connectivity index (χ1v) is 8.57. The first-order chi connectivity index (χ1) is 8.35. The molecule has 2 rings (SSSR count). The molecule has 1 heterocycles. The zero-order chi connectivity index (χ0) is 12.1. The fourth-order valence-corrected chi connectivity index (χ4v) is 4.67. The quantitative estimate of drug-likeness (QED) is 0.533. The van der Waals surface area contributed by atoms with Gasteiger partial charge in [-0.05, 0) is 23.6 Å². The van der Waals surface area contributed by atoms with Crippen LogP contribution in [0.3, 0.4) is 0 Å². The van der Waals surface area contributed by atoms with Crippen LogP contribution in [0, 0.1) is 0 Å². The molecule has 17 heavy (non-hydrogen) atoms. The zero-order valence-electron chi connectivity index (χ0n) is 9.97. The van der Waals surface area contributed by atoms with Crippen molar-refractivity contribution in [2.75, 3.05) is 12.0 Å². The summed E-state index contributed by atoms with van der Waals surface area (Å²) >= 11 is 5.64. The average molecular weight is 279 g/mol. The largest absolute Gasteiger partial charge is 0.273 e. The lowest BCUT2D eigenvalue weighted by Gasteiger charge is -2.00. The molecule has 0 aliphatic rings. The minimum absolute atomic E-state index is 1.13. The van der Waals surface area contributed by atoms with Crippen LogP contribution < -0.4 is 0 Å². The van der Waals surface area contributed by atoms with Gasteiger partial charge in [0.2, 0.25) is 11.3 Å². The molecule has 0 nitrogen and oxygen atoms in total. The Balaban J connectivity index is 2.41. The van der Waals surface area contributed by atoms with Gasteiger partial charge in [0, 0.05) is 6.07 Å². The van der Waals surface area contributed by atoms with Gasteiger partial charge < -0.3 is 0 Å². The number of hydrogen-bond acceptors (Lipinski definition) is 2. The molecule has 1 aromatic carbocycles. The van der Waals surface area contributed by atoms with Crippen molar-refractivity contribution in [3.05, 3.63) is 42.5 Å². The van der Waals surface area contributed by atoms with E-state index >= 15 is 0 Å². The third kappa shape index (κ3) is 3.24. The molecule has 0 spiro atoms. The number of hydrogen-bond donors (Lipinski definition) is 0. The molecule has 0 saturated carbocycles. The number of thioether (sulfide) groups is 2. The summed E-state index contributed by atoms with van der Waals surface area (Å²) in [4.78, 5) is 0. The zero-order valence-corrected chi connectivity index (χ0v) is 12.4. The molecule has 0 bridgehead atoms. The van der Waals surface area contributed by atoms with Gasteiger partial charge in [-0.3, -0.25) is 0 Å². The summed E-state index contributed by atoms with van der Waals surface area (Å²) in [6.07, 6.45) is 2.15. The summed E-state index contributed by atoms with van der Waals surface area (Å²) in [6.45, 7) is 2.20. The van der Waals surface area contributed by atoms with Crippen LogP contribution in [0.5, 0.6) is 0 Å². The third-order valence-corrected chi connectivity index (χ3v) is 5.75. The van der Waals surface area contributed by atoms with Gasteiger partial charge in [-0.1, -0.05) is 60.8 Å². The van der Waals surface area contributed by atoms with E-state index in [0.717, 1.165) is 5.75 Å². The van der Waals surface area contributed by atoms with Crippen LogP contribution in [-0.4, -0.2) is 12.0 Å². The second-order valence-electron chi connectivity index (χ2n) is 3.46. The van der Waals surface area contributed by atoms with Crippen molar-refractivity contribution in [2.45, 2.75) is 15.3 Å². The van der Waals surface area contributed by atoms with Crippen molar-refractivity contribution in [1.82, 2.24) is 0 Å². The van der Waals surface area contributed by atoms with E-state index in [1.807, 2.05) is 34.9 Å². The Morgan fingerprint density at radius 2 is 1.82 bits per heavy atom. The van der Waals surface area contributed by atoms with Crippen molar-refractivity contribution in [3.8, 4) is 11.1 Å². The predicted octanol–water partition coefficient (Wildman–Crippen LogP) is 5.53. The van der Waals surface area contributed by atoms with E-state index in [4.69, 9.17) is 0 Å². The van der Waals surface area contributed by atoms with Gasteiger partial charge in [0.05, 0.1) is 5.56 Å². The maximum atomic E-state index is 2.25. The Labute approximate surface area is 115 Å². The van der Waals surface area contributed by atoms with Crippen LogP contribution in [0.1, 0.15) is 6.92 Å². The summed E-state index contributed by atoms with van der Waals surface area (Å²) in [5.41, 5.74) is 2.66. The molecule has 0 N–H and O–H groups in total. The average Bonchev–Trinajstić information content (AvgIpc) is 2.40. The maximum Gasteiger partial charge on any atom is 0.273 e. The highest BCUT2D eigenvalue weighted by atomic mass is 32.2. The fourth-order valence-electron chi connectivity index (χ4n) is 1.60. The van der Waals surface area contributed by atoms with Crippen molar-refractivity contribution < 1.29 is 0 Å². The van der Waals surface area contributed by atoms with Gasteiger partial charge in [0.25, 0.3) is 8.42 Å². The molecule has 0 fully saturated rings. The lowest BCUT2D eigenvalue weighted by molar-refractivity contribution is 1.49. The molecular weight excluding hydrogens is 264 g/mol. The van der Waals surface area contributed by atoms with Crippen LogP contribution in [0.15, 0.2) is 50.9 Å². The summed E-state index contributed by atoms with van der Waals surface area (Å²) in [5.74, 6) is 1.13. The maximum absolute atomic E-state index is 2.25. The van der Waals surface area contributed by atoms with Crippen molar-refractivity contribution in [3.63, 3.8) is 0 Å². The van der Waals surface area contributed by atoms with Gasteiger partial charge in [-0.2, -0.15) is 0 Å². The lowest BCUT2D eigenvalue weighted by Crippen LogP contribution is -1.80. The second kappa shape index (κ2) is 6.43. The highest BCUT2D eigenvalue weighted by Crippen LogP contribution is 2.38. The highest BCUT2D eigenvalue weighted by Gasteiger charge is 2.17.